The van der Waals surface area contributed by atoms with Crippen molar-refractivity contribution in [3.63, 3.8) is 0 Å². The highest BCUT2D eigenvalue weighted by atomic mass is 35.5. The van der Waals surface area contributed by atoms with E-state index in [1.54, 1.807) is 12.2 Å². The lowest BCUT2D eigenvalue weighted by atomic mass is 10.2. The number of hydrogen-bond acceptors (Lipinski definition) is 1. The van der Waals surface area contributed by atoms with Gasteiger partial charge in [0.25, 0.3) is 0 Å². The zero-order valence-corrected chi connectivity index (χ0v) is 5.72. The van der Waals surface area contributed by atoms with Gasteiger partial charge in [0.1, 0.15) is 0 Å². The van der Waals surface area contributed by atoms with E-state index in [0.717, 1.165) is 9.90 Å². The van der Waals surface area contributed by atoms with Crippen molar-refractivity contribution in [1.29, 1.82) is 0 Å². The molecule has 1 aliphatic rings. The largest absolute Gasteiger partial charge is 0.0887 e. The zero-order valence-electron chi connectivity index (χ0n) is 4.15. The van der Waals surface area contributed by atoms with Crippen LogP contribution in [0.5, 0.6) is 0 Å². The summed E-state index contributed by atoms with van der Waals surface area (Å²) < 4.78 is 0. The Bertz CT molecular complexity index is 167. The second-order valence-corrected chi connectivity index (χ2v) is 2.56. The van der Waals surface area contributed by atoms with Crippen LogP contribution in [0.1, 0.15) is 6.42 Å². The van der Waals surface area contributed by atoms with Gasteiger partial charge in [0.2, 0.25) is 0 Å². The Labute approximate surface area is 58.8 Å². The van der Waals surface area contributed by atoms with Crippen molar-refractivity contribution in [2.24, 2.45) is 0 Å². The summed E-state index contributed by atoms with van der Waals surface area (Å²) in [6.07, 6.45) is 7.03. The zero-order chi connectivity index (χ0) is 5.98. The second-order valence-electron chi connectivity index (χ2n) is 1.55. The van der Waals surface area contributed by atoms with Gasteiger partial charge in [-0.05, 0) is 18.2 Å². The molecule has 2 heteroatoms. The molecule has 1 radical (unpaired) electrons. The predicted molar refractivity (Wildman–Crippen MR) is 39.0 cm³/mol. The van der Waals surface area contributed by atoms with E-state index in [1.165, 1.54) is 0 Å². The van der Waals surface area contributed by atoms with Crippen molar-refractivity contribution in [2.75, 3.05) is 0 Å². The topological polar surface area (TPSA) is 0 Å². The van der Waals surface area contributed by atoms with Crippen molar-refractivity contribution in [1.82, 2.24) is 0 Å². The van der Waals surface area contributed by atoms with Crippen LogP contribution in [0.4, 0.5) is 0 Å². The Morgan fingerprint density at radius 2 is 2.50 bits per heavy atom. The van der Waals surface area contributed by atoms with Gasteiger partial charge in [0.05, 0.1) is 0 Å². The summed E-state index contributed by atoms with van der Waals surface area (Å²) in [6.45, 7) is 0. The van der Waals surface area contributed by atoms with Gasteiger partial charge in [-0.1, -0.05) is 23.8 Å². The average Bonchev–Trinajstić information content (AvgIpc) is 1.64. The lowest BCUT2D eigenvalue weighted by Crippen LogP contribution is -1.91. The lowest BCUT2D eigenvalue weighted by molar-refractivity contribution is 1.44. The molecular weight excluding hydrogens is 140 g/mol. The first kappa shape index (κ1) is 5.99. The molecule has 0 aromatic rings. The quantitative estimate of drug-likeness (QED) is 0.469. The number of allylic oxidation sites excluding steroid dienone is 4. The first-order valence-electron chi connectivity index (χ1n) is 2.25. The van der Waals surface area contributed by atoms with Crippen LogP contribution in [0.15, 0.2) is 17.2 Å². The van der Waals surface area contributed by atoms with Gasteiger partial charge in [-0.2, -0.15) is 0 Å². The molecule has 0 aromatic carbocycles. The highest BCUT2D eigenvalue weighted by molar-refractivity contribution is 7.80. The predicted octanol–water partition coefficient (Wildman–Crippen LogP) is 2.24. The smallest absolute Gasteiger partial charge is 0.0239 e. The van der Waals surface area contributed by atoms with Crippen molar-refractivity contribution >= 4 is 28.7 Å². The fourth-order valence-electron chi connectivity index (χ4n) is 0.494. The molecule has 0 saturated carbocycles. The molecule has 0 amide bonds. The molecule has 0 N–H and O–H groups in total. The van der Waals surface area contributed by atoms with E-state index in [1.807, 2.05) is 0 Å². The van der Waals surface area contributed by atoms with Crippen LogP contribution in [0.3, 0.4) is 0 Å². The number of hydrogen-bond donors (Lipinski definition) is 0. The molecule has 41 valence electrons. The van der Waals surface area contributed by atoms with E-state index in [-0.39, 0.29) is 0 Å². The van der Waals surface area contributed by atoms with Crippen LogP contribution in [-0.4, -0.2) is 4.86 Å². The van der Waals surface area contributed by atoms with Crippen LogP contribution >= 0.6 is 23.8 Å². The number of thiocarbonyl (C=S) groups is 1. The molecule has 0 bridgehead atoms. The van der Waals surface area contributed by atoms with Crippen LogP contribution < -0.4 is 0 Å². The van der Waals surface area contributed by atoms with Crippen LogP contribution in [-0.2, 0) is 0 Å². The SMILES string of the molecule is S=C1C=[C]C=C(Cl)C1. The monoisotopic (exact) mass is 143 g/mol. The van der Waals surface area contributed by atoms with Crippen molar-refractivity contribution in [2.45, 2.75) is 6.42 Å². The Kier molecular flexibility index (Phi) is 1.81. The molecule has 8 heavy (non-hydrogen) atoms. The van der Waals surface area contributed by atoms with E-state index in [4.69, 9.17) is 23.8 Å². The first-order valence-corrected chi connectivity index (χ1v) is 3.04. The molecule has 1 aliphatic carbocycles. The molecule has 0 atom stereocenters. The van der Waals surface area contributed by atoms with Gasteiger partial charge >= 0.3 is 0 Å². The minimum atomic E-state index is 0.712. The van der Waals surface area contributed by atoms with Crippen molar-refractivity contribution in [3.05, 3.63) is 23.3 Å². The third-order valence-electron chi connectivity index (χ3n) is 0.827. The van der Waals surface area contributed by atoms with Crippen LogP contribution in [0.2, 0.25) is 0 Å². The standard InChI is InChI=1S/C6H4ClS/c7-5-2-1-3-6(8)4-5/h2-3H,4H2. The van der Waals surface area contributed by atoms with Gasteiger partial charge in [0, 0.05) is 16.3 Å². The summed E-state index contributed by atoms with van der Waals surface area (Å²) in [5.74, 6) is 0. The summed E-state index contributed by atoms with van der Waals surface area (Å²) in [7, 11) is 0. The maximum Gasteiger partial charge on any atom is 0.0239 e. The average molecular weight is 144 g/mol. The molecule has 0 nitrogen and oxygen atoms in total. The van der Waals surface area contributed by atoms with E-state index < -0.39 is 0 Å². The molecule has 0 heterocycles. The Balaban J connectivity index is 2.73. The fourth-order valence-corrected chi connectivity index (χ4v) is 1.00. The molecular formula is C6H4ClS. The van der Waals surface area contributed by atoms with Gasteiger partial charge in [-0.15, -0.1) is 0 Å². The summed E-state index contributed by atoms with van der Waals surface area (Å²) in [4.78, 5) is 0.859. The molecule has 0 aromatic heterocycles. The highest BCUT2D eigenvalue weighted by Gasteiger charge is 1.98. The van der Waals surface area contributed by atoms with E-state index in [0.29, 0.717) is 6.42 Å². The second kappa shape index (κ2) is 2.42. The van der Waals surface area contributed by atoms with Gasteiger partial charge in [-0.25, -0.2) is 0 Å². The lowest BCUT2D eigenvalue weighted by Gasteiger charge is -1.98. The van der Waals surface area contributed by atoms with E-state index in [9.17, 15) is 0 Å². The van der Waals surface area contributed by atoms with Gasteiger partial charge < -0.3 is 0 Å². The molecule has 0 aliphatic heterocycles. The first-order chi connectivity index (χ1) is 3.79. The third kappa shape index (κ3) is 1.42. The molecule has 0 unspecified atom stereocenters. The highest BCUT2D eigenvalue weighted by Crippen LogP contribution is 2.12. The Morgan fingerprint density at radius 3 is 2.88 bits per heavy atom. The summed E-state index contributed by atoms with van der Waals surface area (Å²) >= 11 is 10.4. The van der Waals surface area contributed by atoms with Crippen LogP contribution in [0.25, 0.3) is 0 Å². The summed E-state index contributed by atoms with van der Waals surface area (Å²) in [6, 6.07) is 0. The molecule has 0 fully saturated rings. The van der Waals surface area contributed by atoms with Crippen molar-refractivity contribution < 1.29 is 0 Å². The maximum atomic E-state index is 5.60. The normalized spacial score (nSPS) is 18.6. The minimum absolute atomic E-state index is 0.712. The third-order valence-corrected chi connectivity index (χ3v) is 1.33. The molecule has 1 rings (SSSR count). The molecule has 0 spiro atoms. The van der Waals surface area contributed by atoms with E-state index in [2.05, 4.69) is 6.08 Å². The summed E-state index contributed by atoms with van der Waals surface area (Å²) in [5, 5.41) is 0.775. The van der Waals surface area contributed by atoms with E-state index >= 15 is 0 Å². The summed E-state index contributed by atoms with van der Waals surface area (Å²) in [5.41, 5.74) is 0. The number of halogens is 1. The maximum absolute atomic E-state index is 5.60. The van der Waals surface area contributed by atoms with Gasteiger partial charge in [-0.3, -0.25) is 0 Å². The molecule has 0 saturated heterocycles. The Morgan fingerprint density at radius 1 is 1.75 bits per heavy atom. The minimum Gasteiger partial charge on any atom is -0.0887 e. The number of rotatable bonds is 0. The van der Waals surface area contributed by atoms with Crippen LogP contribution in [0, 0.1) is 6.08 Å². The fraction of sp³-hybridized carbons (Fsp3) is 0.167. The van der Waals surface area contributed by atoms with Gasteiger partial charge in [0.15, 0.2) is 0 Å². The Hall–Kier alpha value is -0.140. The van der Waals surface area contributed by atoms with Crippen molar-refractivity contribution in [3.8, 4) is 0 Å².